The molecule has 8 rings (SSSR count). The minimum atomic E-state index is -0.606. The van der Waals surface area contributed by atoms with Crippen LogP contribution >= 0.6 is 0 Å². The lowest BCUT2D eigenvalue weighted by molar-refractivity contribution is -0.156. The summed E-state index contributed by atoms with van der Waals surface area (Å²) in [6.45, 7) is 4.97. The number of carbonyl (C=O) groups excluding carboxylic acids is 1. The van der Waals surface area contributed by atoms with Crippen molar-refractivity contribution in [1.82, 2.24) is 0 Å². The number of carbonyl (C=O) groups is 2. The standard InChI is InChI=1S/C16H24O4.C14H20O4/c1-8-3-11-13(19-11)5-10(8)6-16(15(17)18)7-14-12(20-14)4-9(16)2;15-14(9-2-4-11-13(6-9)18-11)16-7-8-1-3-10-12(5-8)17-10/h8-14H,3-7H2,1-2H3,(H,17,18);8-13H,1-7H2. The van der Waals surface area contributed by atoms with Crippen LogP contribution in [0.15, 0.2) is 0 Å². The monoisotopic (exact) mass is 532 g/mol. The first-order valence-corrected chi connectivity index (χ1v) is 15.3. The van der Waals surface area contributed by atoms with Gasteiger partial charge < -0.3 is 28.8 Å². The molecule has 14 unspecified atom stereocenters. The van der Waals surface area contributed by atoms with E-state index in [-0.39, 0.29) is 23.9 Å². The highest BCUT2D eigenvalue weighted by molar-refractivity contribution is 5.75. The fourth-order valence-electron chi connectivity index (χ4n) is 8.38. The quantitative estimate of drug-likeness (QED) is 0.401. The molecular formula is C30H44O8. The molecule has 4 saturated heterocycles. The number of ether oxygens (including phenoxy) is 5. The molecule has 4 saturated carbocycles. The van der Waals surface area contributed by atoms with E-state index >= 15 is 0 Å². The van der Waals surface area contributed by atoms with E-state index in [0.717, 1.165) is 64.2 Å². The fraction of sp³-hybridized carbons (Fsp3) is 0.933. The largest absolute Gasteiger partial charge is 0.481 e. The predicted molar refractivity (Wildman–Crippen MR) is 135 cm³/mol. The SMILES string of the molecule is CC1CC2OC2CC1CC1(C(=O)O)CC2OC2CC1C.O=C(OCC1CCC2OC2C1)C1CCC2OC2C1. The summed E-state index contributed by atoms with van der Waals surface area (Å²) in [7, 11) is 0. The summed E-state index contributed by atoms with van der Waals surface area (Å²) in [4.78, 5) is 24.0. The molecule has 0 spiro atoms. The summed E-state index contributed by atoms with van der Waals surface area (Å²) in [6, 6.07) is 0. The second kappa shape index (κ2) is 9.71. The molecular weight excluding hydrogens is 488 g/mol. The van der Waals surface area contributed by atoms with Crippen molar-refractivity contribution in [2.75, 3.05) is 6.61 Å². The van der Waals surface area contributed by atoms with Crippen molar-refractivity contribution in [3.05, 3.63) is 0 Å². The van der Waals surface area contributed by atoms with Crippen LogP contribution in [0.5, 0.6) is 0 Å². The van der Waals surface area contributed by atoms with Gasteiger partial charge in [-0.2, -0.15) is 0 Å². The minimum absolute atomic E-state index is 0.00258. The topological polar surface area (TPSA) is 114 Å². The van der Waals surface area contributed by atoms with Crippen LogP contribution in [0.2, 0.25) is 0 Å². The first-order chi connectivity index (χ1) is 18.3. The van der Waals surface area contributed by atoms with Crippen molar-refractivity contribution in [2.24, 2.45) is 35.0 Å². The van der Waals surface area contributed by atoms with E-state index in [4.69, 9.17) is 23.7 Å². The molecule has 4 aliphatic heterocycles. The summed E-state index contributed by atoms with van der Waals surface area (Å²) in [5.74, 6) is 1.29. The number of hydrogen-bond acceptors (Lipinski definition) is 7. The first kappa shape index (κ1) is 25.7. The second-order valence-electron chi connectivity index (χ2n) is 13.9. The normalized spacial score (nSPS) is 52.9. The van der Waals surface area contributed by atoms with Gasteiger partial charge in [-0.3, -0.25) is 9.59 Å². The molecule has 212 valence electrons. The van der Waals surface area contributed by atoms with Crippen LogP contribution in [-0.2, 0) is 33.3 Å². The summed E-state index contributed by atoms with van der Waals surface area (Å²) in [5.41, 5.74) is -0.571. The number of aliphatic carboxylic acids is 1. The summed E-state index contributed by atoms with van der Waals surface area (Å²) < 4.78 is 27.7. The molecule has 0 aromatic carbocycles. The van der Waals surface area contributed by atoms with Crippen LogP contribution < -0.4 is 0 Å². The van der Waals surface area contributed by atoms with Crippen LogP contribution in [0.3, 0.4) is 0 Å². The lowest BCUT2D eigenvalue weighted by atomic mass is 9.60. The van der Waals surface area contributed by atoms with E-state index in [1.807, 2.05) is 0 Å². The third-order valence-corrected chi connectivity index (χ3v) is 11.4. The van der Waals surface area contributed by atoms with Crippen LogP contribution in [-0.4, -0.2) is 72.5 Å². The Morgan fingerprint density at radius 3 is 2.13 bits per heavy atom. The highest BCUT2D eigenvalue weighted by atomic mass is 16.6. The molecule has 0 aromatic rings. The molecule has 1 N–H and O–H groups in total. The van der Waals surface area contributed by atoms with Crippen LogP contribution in [0, 0.1) is 35.0 Å². The smallest absolute Gasteiger partial charge is 0.310 e. The Hall–Kier alpha value is -1.22. The number of rotatable bonds is 6. The van der Waals surface area contributed by atoms with Crippen molar-refractivity contribution < 1.29 is 38.4 Å². The second-order valence-corrected chi connectivity index (χ2v) is 13.9. The van der Waals surface area contributed by atoms with Gasteiger partial charge in [-0.25, -0.2) is 0 Å². The van der Waals surface area contributed by atoms with Gasteiger partial charge in [0.25, 0.3) is 0 Å². The number of epoxide rings is 4. The predicted octanol–water partition coefficient (Wildman–Crippen LogP) is 4.12. The lowest BCUT2D eigenvalue weighted by Crippen LogP contribution is -2.45. The zero-order chi connectivity index (χ0) is 26.2. The highest BCUT2D eigenvalue weighted by Crippen LogP contribution is 2.56. The summed E-state index contributed by atoms with van der Waals surface area (Å²) in [5, 5.41) is 9.90. The van der Waals surface area contributed by atoms with Crippen molar-refractivity contribution in [3.63, 3.8) is 0 Å². The molecule has 0 amide bonds. The van der Waals surface area contributed by atoms with Gasteiger partial charge >= 0.3 is 11.9 Å². The number of fused-ring (bicyclic) bond motifs is 4. The fourth-order valence-corrected chi connectivity index (χ4v) is 8.38. The van der Waals surface area contributed by atoms with Gasteiger partial charge in [-0.1, -0.05) is 13.8 Å². The molecule has 4 aliphatic carbocycles. The van der Waals surface area contributed by atoms with Gasteiger partial charge in [-0.15, -0.1) is 0 Å². The maximum absolute atomic E-state index is 12.0. The molecule has 14 atom stereocenters. The highest BCUT2D eigenvalue weighted by Gasteiger charge is 2.59. The molecule has 8 heteroatoms. The first-order valence-electron chi connectivity index (χ1n) is 15.3. The molecule has 4 heterocycles. The zero-order valence-electron chi connectivity index (χ0n) is 22.8. The van der Waals surface area contributed by atoms with Gasteiger partial charge in [0.1, 0.15) is 0 Å². The minimum Gasteiger partial charge on any atom is -0.481 e. The molecule has 0 bridgehead atoms. The maximum Gasteiger partial charge on any atom is 0.310 e. The van der Waals surface area contributed by atoms with E-state index in [1.165, 1.54) is 0 Å². The third-order valence-electron chi connectivity index (χ3n) is 11.4. The Balaban J connectivity index is 0.000000128. The van der Waals surface area contributed by atoms with E-state index in [0.29, 0.717) is 73.5 Å². The van der Waals surface area contributed by atoms with Crippen molar-refractivity contribution in [2.45, 2.75) is 133 Å². The van der Waals surface area contributed by atoms with Crippen molar-refractivity contribution in [3.8, 4) is 0 Å². The summed E-state index contributed by atoms with van der Waals surface area (Å²) >= 11 is 0. The molecule has 0 radical (unpaired) electrons. The lowest BCUT2D eigenvalue weighted by Gasteiger charge is -2.41. The van der Waals surface area contributed by atoms with Crippen molar-refractivity contribution in [1.29, 1.82) is 0 Å². The Kier molecular flexibility index (Phi) is 6.57. The number of carboxylic acid groups (broad SMARTS) is 1. The molecule has 8 aliphatic rings. The molecule has 38 heavy (non-hydrogen) atoms. The number of esters is 1. The van der Waals surface area contributed by atoms with Gasteiger partial charge in [-0.05, 0) is 94.3 Å². The summed E-state index contributed by atoms with van der Waals surface area (Å²) in [6.07, 6.45) is 14.1. The van der Waals surface area contributed by atoms with Gasteiger partial charge in [0.05, 0.1) is 66.8 Å². The van der Waals surface area contributed by atoms with Crippen LogP contribution in [0.1, 0.15) is 84.5 Å². The average molecular weight is 533 g/mol. The van der Waals surface area contributed by atoms with Gasteiger partial charge in [0.2, 0.25) is 0 Å². The van der Waals surface area contributed by atoms with E-state index in [1.54, 1.807) is 0 Å². The maximum atomic E-state index is 12.0. The van der Waals surface area contributed by atoms with Crippen LogP contribution in [0.25, 0.3) is 0 Å². The number of carboxylic acids is 1. The molecule has 8 nitrogen and oxygen atoms in total. The zero-order valence-corrected chi connectivity index (χ0v) is 22.8. The molecule has 8 fully saturated rings. The number of hydrogen-bond donors (Lipinski definition) is 1. The average Bonchev–Trinajstić information content (AvgIpc) is 3.72. The van der Waals surface area contributed by atoms with Gasteiger partial charge in [0, 0.05) is 0 Å². The van der Waals surface area contributed by atoms with E-state index in [2.05, 4.69) is 13.8 Å². The van der Waals surface area contributed by atoms with Gasteiger partial charge in [0.15, 0.2) is 0 Å². The Morgan fingerprint density at radius 1 is 0.763 bits per heavy atom. The third kappa shape index (κ3) is 5.15. The molecule has 0 aromatic heterocycles. The van der Waals surface area contributed by atoms with Crippen molar-refractivity contribution >= 4 is 11.9 Å². The Bertz CT molecular complexity index is 939. The van der Waals surface area contributed by atoms with E-state index < -0.39 is 11.4 Å². The Labute approximate surface area is 225 Å². The Morgan fingerprint density at radius 2 is 1.39 bits per heavy atom. The van der Waals surface area contributed by atoms with E-state index in [9.17, 15) is 14.7 Å². The van der Waals surface area contributed by atoms with Crippen LogP contribution in [0.4, 0.5) is 0 Å².